The number of hydrogen-bond donors (Lipinski definition) is 3. The molecule has 0 spiro atoms. The van der Waals surface area contributed by atoms with Crippen LogP contribution >= 0.6 is 0 Å². The summed E-state index contributed by atoms with van der Waals surface area (Å²) >= 11 is 0. The van der Waals surface area contributed by atoms with Crippen molar-refractivity contribution in [2.45, 2.75) is 52.0 Å². The first-order valence-corrected chi connectivity index (χ1v) is 11.6. The molecule has 1 saturated carbocycles. The molecule has 1 aliphatic carbocycles. The maximum Gasteiger partial charge on any atom is 0.348 e. The van der Waals surface area contributed by atoms with Crippen LogP contribution in [0, 0.1) is 13.8 Å². The van der Waals surface area contributed by atoms with Gasteiger partial charge in [-0.2, -0.15) is 5.10 Å². The normalized spacial score (nSPS) is 14.1. The largest absolute Gasteiger partial charge is 0.380 e. The molecule has 174 valence electrons. The lowest BCUT2D eigenvalue weighted by Crippen LogP contribution is -2.23. The minimum atomic E-state index is -0.323. The molecular formula is C26H28N6O2. The molecule has 1 aliphatic rings. The third kappa shape index (κ3) is 3.96. The van der Waals surface area contributed by atoms with Gasteiger partial charge in [0.1, 0.15) is 17.0 Å². The Morgan fingerprint density at radius 3 is 2.62 bits per heavy atom. The van der Waals surface area contributed by atoms with Gasteiger partial charge in [0.2, 0.25) is 0 Å². The van der Waals surface area contributed by atoms with Gasteiger partial charge in [-0.05, 0) is 43.9 Å². The van der Waals surface area contributed by atoms with Gasteiger partial charge in [0.25, 0.3) is 5.91 Å². The summed E-state index contributed by atoms with van der Waals surface area (Å²) in [5.74, 6) is 1.15. The fraction of sp³-hybridized carbons (Fsp3) is 0.308. The average molecular weight is 457 g/mol. The summed E-state index contributed by atoms with van der Waals surface area (Å²) < 4.78 is 1.59. The summed E-state index contributed by atoms with van der Waals surface area (Å²) in [7, 11) is 0. The molecule has 8 heteroatoms. The van der Waals surface area contributed by atoms with Crippen LogP contribution in [0.15, 0.2) is 47.3 Å². The molecule has 2 heterocycles. The molecule has 2 aromatic heterocycles. The first-order valence-electron chi connectivity index (χ1n) is 11.6. The maximum absolute atomic E-state index is 12.6. The standard InChI is InChI=1S/C26H28N6O2/c1-15-7-8-16(2)20(13-15)25(33)28-14-17-9-11-18(12-10-17)21-22-23(27)30-31-26(34)32(22)24(29-21)19-5-3-4-6-19/h7-13,19H,3-6,14H2,1-2H3,(H2,27,30)(H,28,33)(H,31,34). The van der Waals surface area contributed by atoms with Crippen molar-refractivity contribution in [3.8, 4) is 11.3 Å². The van der Waals surface area contributed by atoms with Crippen molar-refractivity contribution in [1.29, 1.82) is 0 Å². The van der Waals surface area contributed by atoms with Gasteiger partial charge in [0, 0.05) is 23.6 Å². The highest BCUT2D eigenvalue weighted by molar-refractivity contribution is 5.95. The summed E-state index contributed by atoms with van der Waals surface area (Å²) in [6.45, 7) is 4.32. The van der Waals surface area contributed by atoms with E-state index in [0.29, 0.717) is 23.3 Å². The van der Waals surface area contributed by atoms with Gasteiger partial charge >= 0.3 is 5.69 Å². The predicted molar refractivity (Wildman–Crippen MR) is 132 cm³/mol. The number of carbonyl (C=O) groups is 1. The van der Waals surface area contributed by atoms with E-state index in [2.05, 4.69) is 15.5 Å². The monoisotopic (exact) mass is 456 g/mol. The molecule has 5 rings (SSSR count). The summed E-state index contributed by atoms with van der Waals surface area (Å²) in [4.78, 5) is 30.2. The van der Waals surface area contributed by atoms with Crippen LogP contribution in [0.25, 0.3) is 16.8 Å². The zero-order chi connectivity index (χ0) is 23.8. The van der Waals surface area contributed by atoms with E-state index in [1.807, 2.05) is 56.3 Å². The van der Waals surface area contributed by atoms with Gasteiger partial charge in [-0.15, -0.1) is 0 Å². The van der Waals surface area contributed by atoms with Crippen molar-refractivity contribution in [2.75, 3.05) is 5.73 Å². The van der Waals surface area contributed by atoms with Crippen molar-refractivity contribution in [3.05, 3.63) is 81.0 Å². The lowest BCUT2D eigenvalue weighted by Gasteiger charge is -2.09. The van der Waals surface area contributed by atoms with Crippen LogP contribution in [0.4, 0.5) is 5.82 Å². The van der Waals surface area contributed by atoms with Crippen molar-refractivity contribution < 1.29 is 4.79 Å². The molecule has 0 radical (unpaired) electrons. The number of rotatable bonds is 5. The number of nitrogens with two attached hydrogens (primary N) is 1. The number of nitrogens with zero attached hydrogens (tertiary/aromatic N) is 3. The van der Waals surface area contributed by atoms with Crippen LogP contribution in [0.1, 0.15) is 64.5 Å². The van der Waals surface area contributed by atoms with Gasteiger partial charge < -0.3 is 11.1 Å². The Balaban J connectivity index is 1.42. The second-order valence-electron chi connectivity index (χ2n) is 9.10. The van der Waals surface area contributed by atoms with Crippen molar-refractivity contribution >= 4 is 17.2 Å². The summed E-state index contributed by atoms with van der Waals surface area (Å²) in [5, 5.41) is 9.45. The van der Waals surface area contributed by atoms with E-state index in [9.17, 15) is 9.59 Å². The number of fused-ring (bicyclic) bond motifs is 1. The molecule has 0 bridgehead atoms. The van der Waals surface area contributed by atoms with Crippen LogP contribution in [-0.2, 0) is 6.54 Å². The SMILES string of the molecule is Cc1ccc(C)c(C(=O)NCc2ccc(-c3nc(C4CCCC4)n4c(=O)[nH]nc(N)c34)cc2)c1. The number of benzene rings is 2. The van der Waals surface area contributed by atoms with Gasteiger partial charge in [-0.3, -0.25) is 4.79 Å². The van der Waals surface area contributed by atoms with E-state index in [0.717, 1.165) is 53.8 Å². The molecule has 0 aliphatic heterocycles. The predicted octanol–water partition coefficient (Wildman–Crippen LogP) is 3.87. The summed E-state index contributed by atoms with van der Waals surface area (Å²) in [6.07, 6.45) is 4.30. The minimum Gasteiger partial charge on any atom is -0.380 e. The van der Waals surface area contributed by atoms with Crippen LogP contribution < -0.4 is 16.7 Å². The number of imidazole rings is 1. The number of nitrogens with one attached hydrogen (secondary N) is 2. The number of aromatic amines is 1. The van der Waals surface area contributed by atoms with Crippen LogP contribution in [-0.4, -0.2) is 25.5 Å². The molecule has 4 aromatic rings. The number of carbonyl (C=O) groups excluding carboxylic acids is 1. The van der Waals surface area contributed by atoms with Crippen LogP contribution in [0.3, 0.4) is 0 Å². The number of anilines is 1. The van der Waals surface area contributed by atoms with Gasteiger partial charge in [-0.1, -0.05) is 54.8 Å². The third-order valence-corrected chi connectivity index (χ3v) is 6.66. The fourth-order valence-corrected chi connectivity index (χ4v) is 4.79. The maximum atomic E-state index is 12.6. The molecule has 0 atom stereocenters. The van der Waals surface area contributed by atoms with E-state index < -0.39 is 0 Å². The number of H-pyrrole nitrogens is 1. The first-order chi connectivity index (χ1) is 16.4. The van der Waals surface area contributed by atoms with E-state index in [-0.39, 0.29) is 23.3 Å². The Bertz CT molecular complexity index is 1430. The second kappa shape index (κ2) is 8.78. The Kier molecular flexibility index (Phi) is 5.65. The van der Waals surface area contributed by atoms with E-state index in [4.69, 9.17) is 10.7 Å². The Hall–Kier alpha value is -3.94. The smallest absolute Gasteiger partial charge is 0.348 e. The molecule has 0 saturated heterocycles. The third-order valence-electron chi connectivity index (χ3n) is 6.66. The fourth-order valence-electron chi connectivity index (χ4n) is 4.79. The molecule has 1 fully saturated rings. The molecule has 2 aromatic carbocycles. The quantitative estimate of drug-likeness (QED) is 0.421. The van der Waals surface area contributed by atoms with Crippen LogP contribution in [0.5, 0.6) is 0 Å². The highest BCUT2D eigenvalue weighted by Crippen LogP contribution is 2.36. The van der Waals surface area contributed by atoms with E-state index in [1.165, 1.54) is 0 Å². The van der Waals surface area contributed by atoms with Gasteiger partial charge in [-0.25, -0.2) is 19.3 Å². The zero-order valence-electron chi connectivity index (χ0n) is 19.4. The van der Waals surface area contributed by atoms with Crippen molar-refractivity contribution in [2.24, 2.45) is 0 Å². The lowest BCUT2D eigenvalue weighted by atomic mass is 10.0. The molecule has 8 nitrogen and oxygen atoms in total. The van der Waals surface area contributed by atoms with Gasteiger partial charge in [0.15, 0.2) is 5.82 Å². The number of aryl methyl sites for hydroxylation is 2. The summed E-state index contributed by atoms with van der Waals surface area (Å²) in [6, 6.07) is 13.7. The lowest BCUT2D eigenvalue weighted by molar-refractivity contribution is 0.0950. The van der Waals surface area contributed by atoms with Crippen LogP contribution in [0.2, 0.25) is 0 Å². The Morgan fingerprint density at radius 1 is 1.15 bits per heavy atom. The molecule has 34 heavy (non-hydrogen) atoms. The van der Waals surface area contributed by atoms with E-state index >= 15 is 0 Å². The molecular weight excluding hydrogens is 428 g/mol. The minimum absolute atomic E-state index is 0.0929. The number of amides is 1. The number of nitrogen functional groups attached to an aromatic ring is 1. The van der Waals surface area contributed by atoms with E-state index in [1.54, 1.807) is 4.40 Å². The summed E-state index contributed by atoms with van der Waals surface area (Å²) in [5.41, 5.74) is 11.6. The Labute approximate surface area is 197 Å². The Morgan fingerprint density at radius 2 is 1.88 bits per heavy atom. The molecule has 0 unspecified atom stereocenters. The molecule has 1 amide bonds. The highest BCUT2D eigenvalue weighted by atomic mass is 16.2. The number of hydrogen-bond acceptors (Lipinski definition) is 5. The van der Waals surface area contributed by atoms with Crippen molar-refractivity contribution in [3.63, 3.8) is 0 Å². The van der Waals surface area contributed by atoms with Crippen molar-refractivity contribution in [1.82, 2.24) is 24.9 Å². The second-order valence-corrected chi connectivity index (χ2v) is 9.10. The number of aromatic nitrogens is 4. The highest BCUT2D eigenvalue weighted by Gasteiger charge is 2.26. The average Bonchev–Trinajstić information content (AvgIpc) is 3.50. The zero-order valence-corrected chi connectivity index (χ0v) is 19.4. The van der Waals surface area contributed by atoms with Gasteiger partial charge in [0.05, 0.1) is 0 Å². The first kappa shape index (κ1) is 21.9. The topological polar surface area (TPSA) is 118 Å². The molecule has 4 N–H and O–H groups in total.